The van der Waals surface area contributed by atoms with E-state index in [1.54, 1.807) is 24.3 Å². The van der Waals surface area contributed by atoms with E-state index in [0.29, 0.717) is 31.2 Å². The molecule has 0 aliphatic heterocycles. The molecule has 0 heterocycles. The molecule has 1 aromatic carbocycles. The number of ether oxygens (including phenoxy) is 2. The molecule has 0 amide bonds. The van der Waals surface area contributed by atoms with Crippen LogP contribution in [0.1, 0.15) is 76.1 Å². The lowest BCUT2D eigenvalue weighted by Gasteiger charge is -2.62. The summed E-state index contributed by atoms with van der Waals surface area (Å²) in [5.41, 5.74) is -0.452. The van der Waals surface area contributed by atoms with Crippen LogP contribution in [0.25, 0.3) is 0 Å². The number of aliphatic hydroxyl groups excluding tert-OH is 1. The second-order valence-electron chi connectivity index (χ2n) is 11.3. The number of carbonyl (C=O) groups excluding carboxylic acids is 2. The van der Waals surface area contributed by atoms with Crippen molar-refractivity contribution in [2.45, 2.75) is 89.6 Å². The molecule has 0 saturated heterocycles. The maximum absolute atomic E-state index is 13.2. The van der Waals surface area contributed by atoms with Gasteiger partial charge in [0.1, 0.15) is 12.2 Å². The van der Waals surface area contributed by atoms with E-state index in [-0.39, 0.29) is 29.3 Å². The molecule has 8 atom stereocenters. The van der Waals surface area contributed by atoms with Gasteiger partial charge in [0.25, 0.3) is 0 Å². The first-order chi connectivity index (χ1) is 16.1. The zero-order valence-corrected chi connectivity index (χ0v) is 20.3. The predicted molar refractivity (Wildman–Crippen MR) is 126 cm³/mol. The average molecular weight is 469 g/mol. The molecular weight excluding hydrogens is 432 g/mol. The molecule has 6 nitrogen and oxygen atoms in total. The van der Waals surface area contributed by atoms with Gasteiger partial charge in [0.2, 0.25) is 0 Å². The van der Waals surface area contributed by atoms with Crippen LogP contribution in [0.2, 0.25) is 0 Å². The van der Waals surface area contributed by atoms with Crippen LogP contribution < -0.4 is 0 Å². The van der Waals surface area contributed by atoms with E-state index in [1.807, 2.05) is 13.0 Å². The van der Waals surface area contributed by atoms with Gasteiger partial charge in [0.05, 0.1) is 22.7 Å². The van der Waals surface area contributed by atoms with Crippen LogP contribution in [0, 0.1) is 22.7 Å². The SMILES string of the molecule is CC(=O)OC1CCC2(O)C3CC=C4CC(O)CCC4(C)C3CC(OC(=O)c3ccccc3)C12C. The molecule has 1 aromatic rings. The van der Waals surface area contributed by atoms with Gasteiger partial charge in [-0.2, -0.15) is 0 Å². The topological polar surface area (TPSA) is 93.1 Å². The third kappa shape index (κ3) is 3.36. The highest BCUT2D eigenvalue weighted by atomic mass is 16.6. The number of aliphatic hydroxyl groups is 2. The fourth-order valence-corrected chi connectivity index (χ4v) is 7.85. The van der Waals surface area contributed by atoms with Gasteiger partial charge in [-0.3, -0.25) is 4.79 Å². The Morgan fingerprint density at radius 3 is 2.44 bits per heavy atom. The number of fused-ring (bicyclic) bond motifs is 5. The molecule has 0 aromatic heterocycles. The molecule has 0 spiro atoms. The fourth-order valence-electron chi connectivity index (χ4n) is 7.85. The van der Waals surface area contributed by atoms with Crippen molar-refractivity contribution in [3.63, 3.8) is 0 Å². The maximum atomic E-state index is 13.2. The van der Waals surface area contributed by atoms with Gasteiger partial charge < -0.3 is 19.7 Å². The van der Waals surface area contributed by atoms with E-state index in [2.05, 4.69) is 13.0 Å². The van der Waals surface area contributed by atoms with Crippen molar-refractivity contribution in [3.05, 3.63) is 47.5 Å². The molecule has 3 fully saturated rings. The minimum absolute atomic E-state index is 0.0197. The van der Waals surface area contributed by atoms with Crippen molar-refractivity contribution < 1.29 is 29.3 Å². The van der Waals surface area contributed by atoms with Gasteiger partial charge in [-0.05, 0) is 81.3 Å². The summed E-state index contributed by atoms with van der Waals surface area (Å²) in [6.45, 7) is 5.59. The van der Waals surface area contributed by atoms with Crippen LogP contribution >= 0.6 is 0 Å². The minimum Gasteiger partial charge on any atom is -0.462 e. The van der Waals surface area contributed by atoms with Gasteiger partial charge in [-0.15, -0.1) is 0 Å². The Bertz CT molecular complexity index is 1000. The van der Waals surface area contributed by atoms with Crippen LogP contribution in [-0.4, -0.2) is 46.1 Å². The zero-order valence-electron chi connectivity index (χ0n) is 20.3. The third-order valence-electron chi connectivity index (χ3n) is 9.81. The molecule has 6 heteroatoms. The lowest BCUT2D eigenvalue weighted by Crippen LogP contribution is -2.67. The lowest BCUT2D eigenvalue weighted by atomic mass is 9.45. The highest BCUT2D eigenvalue weighted by Crippen LogP contribution is 2.67. The summed E-state index contributed by atoms with van der Waals surface area (Å²) in [4.78, 5) is 25.2. The molecule has 4 aliphatic rings. The average Bonchev–Trinajstić information content (AvgIpc) is 3.07. The Labute approximate surface area is 201 Å². The Morgan fingerprint density at radius 1 is 1.00 bits per heavy atom. The molecule has 0 bridgehead atoms. The second-order valence-corrected chi connectivity index (χ2v) is 11.3. The van der Waals surface area contributed by atoms with Crippen molar-refractivity contribution >= 4 is 11.9 Å². The van der Waals surface area contributed by atoms with E-state index in [1.165, 1.54) is 12.5 Å². The van der Waals surface area contributed by atoms with E-state index in [9.17, 15) is 19.8 Å². The van der Waals surface area contributed by atoms with Gasteiger partial charge in [-0.25, -0.2) is 4.79 Å². The first-order valence-electron chi connectivity index (χ1n) is 12.6. The Morgan fingerprint density at radius 2 is 1.74 bits per heavy atom. The molecule has 0 radical (unpaired) electrons. The largest absolute Gasteiger partial charge is 0.462 e. The van der Waals surface area contributed by atoms with Crippen LogP contribution in [0.4, 0.5) is 0 Å². The standard InChI is InChI=1S/C28H36O6/c1-17(29)33-23-12-14-28(32)21-10-9-19-15-20(30)11-13-26(19,2)22(21)16-24(27(23,28)3)34-25(31)18-7-5-4-6-8-18/h4-9,20-24,30,32H,10-16H2,1-3H3. The van der Waals surface area contributed by atoms with Crippen molar-refractivity contribution in [1.29, 1.82) is 0 Å². The van der Waals surface area contributed by atoms with Gasteiger partial charge in [-0.1, -0.05) is 36.8 Å². The van der Waals surface area contributed by atoms with Gasteiger partial charge in [0, 0.05) is 6.92 Å². The highest BCUT2D eigenvalue weighted by molar-refractivity contribution is 5.89. The van der Waals surface area contributed by atoms with Crippen LogP contribution in [-0.2, 0) is 14.3 Å². The Balaban J connectivity index is 1.56. The quantitative estimate of drug-likeness (QED) is 0.510. The zero-order chi connectivity index (χ0) is 24.3. The molecule has 34 heavy (non-hydrogen) atoms. The van der Waals surface area contributed by atoms with Crippen molar-refractivity contribution in [2.75, 3.05) is 0 Å². The highest BCUT2D eigenvalue weighted by Gasteiger charge is 2.72. The van der Waals surface area contributed by atoms with E-state index < -0.39 is 29.2 Å². The lowest BCUT2D eigenvalue weighted by molar-refractivity contribution is -0.237. The number of allylic oxidation sites excluding steroid dienone is 1. The van der Waals surface area contributed by atoms with Crippen molar-refractivity contribution in [1.82, 2.24) is 0 Å². The maximum Gasteiger partial charge on any atom is 0.338 e. The van der Waals surface area contributed by atoms with Crippen molar-refractivity contribution in [3.8, 4) is 0 Å². The smallest absolute Gasteiger partial charge is 0.338 e. The number of rotatable bonds is 3. The first-order valence-corrected chi connectivity index (χ1v) is 12.6. The van der Waals surface area contributed by atoms with Crippen molar-refractivity contribution in [2.24, 2.45) is 22.7 Å². The predicted octanol–water partition coefficient (Wildman–Crippen LogP) is 4.19. The Hall–Kier alpha value is -2.18. The number of carbonyl (C=O) groups is 2. The van der Waals surface area contributed by atoms with E-state index in [4.69, 9.17) is 9.47 Å². The monoisotopic (exact) mass is 468 g/mol. The fraction of sp³-hybridized carbons (Fsp3) is 0.643. The summed E-state index contributed by atoms with van der Waals surface area (Å²) in [5.74, 6) is -0.710. The van der Waals surface area contributed by atoms with Gasteiger partial charge >= 0.3 is 11.9 Å². The summed E-state index contributed by atoms with van der Waals surface area (Å²) in [5, 5.41) is 22.7. The Kier molecular flexibility index (Phi) is 5.68. The normalized spacial score (nSPS) is 43.1. The van der Waals surface area contributed by atoms with Crippen LogP contribution in [0.5, 0.6) is 0 Å². The molecular formula is C28H36O6. The molecule has 4 aliphatic carbocycles. The van der Waals surface area contributed by atoms with E-state index in [0.717, 1.165) is 19.3 Å². The molecule has 2 N–H and O–H groups in total. The van der Waals surface area contributed by atoms with Crippen LogP contribution in [0.3, 0.4) is 0 Å². The second kappa shape index (κ2) is 8.20. The molecule has 3 saturated carbocycles. The number of hydrogen-bond acceptors (Lipinski definition) is 6. The van der Waals surface area contributed by atoms with Crippen LogP contribution in [0.15, 0.2) is 42.0 Å². The number of esters is 2. The molecule has 8 unspecified atom stereocenters. The third-order valence-corrected chi connectivity index (χ3v) is 9.81. The summed E-state index contributed by atoms with van der Waals surface area (Å²) in [6.07, 6.45) is 5.42. The van der Waals surface area contributed by atoms with Gasteiger partial charge in [0.15, 0.2) is 0 Å². The van der Waals surface area contributed by atoms with E-state index >= 15 is 0 Å². The number of hydrogen-bond donors (Lipinski definition) is 2. The summed E-state index contributed by atoms with van der Waals surface area (Å²) >= 11 is 0. The summed E-state index contributed by atoms with van der Waals surface area (Å²) in [7, 11) is 0. The summed E-state index contributed by atoms with van der Waals surface area (Å²) in [6, 6.07) is 8.91. The number of benzene rings is 1. The molecule has 184 valence electrons. The molecule has 5 rings (SSSR count). The minimum atomic E-state index is -1.13. The summed E-state index contributed by atoms with van der Waals surface area (Å²) < 4.78 is 12.0. The first kappa shape index (κ1) is 23.6.